The molecule has 0 spiro atoms. The third-order valence-electron chi connectivity index (χ3n) is 1.98. The lowest BCUT2D eigenvalue weighted by Gasteiger charge is -2.22. The van der Waals surface area contributed by atoms with Crippen LogP contribution >= 0.6 is 0 Å². The van der Waals surface area contributed by atoms with Crippen molar-refractivity contribution in [3.63, 3.8) is 0 Å². The van der Waals surface area contributed by atoms with Crippen molar-refractivity contribution in [1.29, 1.82) is 0 Å². The first kappa shape index (κ1) is 8.92. The maximum Gasteiger partial charge on any atom is 0.00413 e. The second-order valence-electron chi connectivity index (χ2n) is 3.03. The van der Waals surface area contributed by atoms with Gasteiger partial charge in [-0.2, -0.15) is 0 Å². The van der Waals surface area contributed by atoms with Crippen LogP contribution in [-0.4, -0.2) is 6.04 Å². The number of rotatable bonds is 0. The topological polar surface area (TPSA) is 61.0 Å². The SMILES string of the molecule is CC1CCCC(N)C1.N. The van der Waals surface area contributed by atoms with Crippen molar-refractivity contribution in [3.8, 4) is 0 Å². The molecule has 0 aromatic heterocycles. The predicted molar refractivity (Wildman–Crippen MR) is 40.6 cm³/mol. The average molecular weight is 130 g/mol. The van der Waals surface area contributed by atoms with Gasteiger partial charge in [0, 0.05) is 6.04 Å². The Morgan fingerprint density at radius 1 is 1.33 bits per heavy atom. The summed E-state index contributed by atoms with van der Waals surface area (Å²) < 4.78 is 0. The molecule has 9 heavy (non-hydrogen) atoms. The minimum Gasteiger partial charge on any atom is -0.344 e. The van der Waals surface area contributed by atoms with E-state index in [-0.39, 0.29) is 6.15 Å². The zero-order chi connectivity index (χ0) is 5.98. The zero-order valence-electron chi connectivity index (χ0n) is 6.27. The Labute approximate surface area is 57.4 Å². The molecule has 56 valence electrons. The summed E-state index contributed by atoms with van der Waals surface area (Å²) in [6.45, 7) is 2.29. The summed E-state index contributed by atoms with van der Waals surface area (Å²) in [6, 6.07) is 0.513. The van der Waals surface area contributed by atoms with E-state index in [2.05, 4.69) is 6.92 Å². The highest BCUT2D eigenvalue weighted by Crippen LogP contribution is 2.21. The van der Waals surface area contributed by atoms with Gasteiger partial charge >= 0.3 is 0 Å². The lowest BCUT2D eigenvalue weighted by molar-refractivity contribution is 0.344. The molecule has 1 aliphatic carbocycles. The van der Waals surface area contributed by atoms with E-state index in [4.69, 9.17) is 5.73 Å². The molecule has 0 aromatic carbocycles. The van der Waals surface area contributed by atoms with Gasteiger partial charge in [0.15, 0.2) is 0 Å². The van der Waals surface area contributed by atoms with E-state index in [1.807, 2.05) is 0 Å². The quantitative estimate of drug-likeness (QED) is 0.524. The summed E-state index contributed by atoms with van der Waals surface area (Å²) in [5.74, 6) is 0.888. The van der Waals surface area contributed by atoms with Crippen LogP contribution in [0.5, 0.6) is 0 Å². The second-order valence-corrected chi connectivity index (χ2v) is 3.03. The Morgan fingerprint density at radius 3 is 2.33 bits per heavy atom. The highest BCUT2D eigenvalue weighted by Gasteiger charge is 2.13. The molecular formula is C7H18N2. The van der Waals surface area contributed by atoms with E-state index in [1.165, 1.54) is 25.7 Å². The van der Waals surface area contributed by atoms with Crippen LogP contribution in [0.4, 0.5) is 0 Å². The lowest BCUT2D eigenvalue weighted by Crippen LogP contribution is -2.26. The molecule has 5 N–H and O–H groups in total. The summed E-state index contributed by atoms with van der Waals surface area (Å²) in [5, 5.41) is 0. The van der Waals surface area contributed by atoms with Crippen molar-refractivity contribution in [1.82, 2.24) is 6.15 Å². The Kier molecular flexibility index (Phi) is 3.82. The van der Waals surface area contributed by atoms with Gasteiger partial charge in [0.2, 0.25) is 0 Å². The van der Waals surface area contributed by atoms with Gasteiger partial charge in [-0.3, -0.25) is 0 Å². The molecule has 2 heteroatoms. The molecule has 1 aliphatic rings. The van der Waals surface area contributed by atoms with Crippen molar-refractivity contribution in [2.75, 3.05) is 0 Å². The Morgan fingerprint density at radius 2 is 2.00 bits per heavy atom. The zero-order valence-corrected chi connectivity index (χ0v) is 6.27. The summed E-state index contributed by atoms with van der Waals surface area (Å²) >= 11 is 0. The molecule has 2 atom stereocenters. The van der Waals surface area contributed by atoms with Crippen LogP contribution in [0.2, 0.25) is 0 Å². The van der Waals surface area contributed by atoms with E-state index in [1.54, 1.807) is 0 Å². The molecule has 0 bridgehead atoms. The minimum atomic E-state index is 0. The summed E-state index contributed by atoms with van der Waals surface area (Å²) in [4.78, 5) is 0. The fourth-order valence-corrected chi connectivity index (χ4v) is 1.48. The molecule has 2 nitrogen and oxygen atoms in total. The highest BCUT2D eigenvalue weighted by molar-refractivity contribution is 4.71. The Hall–Kier alpha value is -0.0800. The normalized spacial score (nSPS) is 35.3. The van der Waals surface area contributed by atoms with Crippen molar-refractivity contribution in [3.05, 3.63) is 0 Å². The molecule has 0 aliphatic heterocycles. The Balaban J connectivity index is 0.000000640. The van der Waals surface area contributed by atoms with Crippen molar-refractivity contribution in [2.24, 2.45) is 11.7 Å². The molecule has 0 aromatic rings. The van der Waals surface area contributed by atoms with Crippen molar-refractivity contribution in [2.45, 2.75) is 38.6 Å². The van der Waals surface area contributed by atoms with E-state index in [9.17, 15) is 0 Å². The van der Waals surface area contributed by atoms with Gasteiger partial charge in [-0.1, -0.05) is 19.8 Å². The summed E-state index contributed by atoms with van der Waals surface area (Å²) in [7, 11) is 0. The fraction of sp³-hybridized carbons (Fsp3) is 1.00. The third-order valence-corrected chi connectivity index (χ3v) is 1.98. The molecule has 2 unspecified atom stereocenters. The van der Waals surface area contributed by atoms with E-state index >= 15 is 0 Å². The molecule has 1 fully saturated rings. The minimum absolute atomic E-state index is 0. The van der Waals surface area contributed by atoms with Crippen molar-refractivity contribution >= 4 is 0 Å². The van der Waals surface area contributed by atoms with E-state index < -0.39 is 0 Å². The lowest BCUT2D eigenvalue weighted by atomic mass is 9.88. The van der Waals surface area contributed by atoms with Gasteiger partial charge in [-0.25, -0.2) is 0 Å². The largest absolute Gasteiger partial charge is 0.344 e. The average Bonchev–Trinajstić information content (AvgIpc) is 1.64. The van der Waals surface area contributed by atoms with Gasteiger partial charge in [0.25, 0.3) is 0 Å². The smallest absolute Gasteiger partial charge is 0.00413 e. The monoisotopic (exact) mass is 130 g/mol. The molecule has 1 saturated carbocycles. The molecule has 0 amide bonds. The van der Waals surface area contributed by atoms with Crippen LogP contribution in [0.1, 0.15) is 32.6 Å². The van der Waals surface area contributed by atoms with Gasteiger partial charge in [-0.05, 0) is 18.8 Å². The van der Waals surface area contributed by atoms with Crippen molar-refractivity contribution < 1.29 is 0 Å². The highest BCUT2D eigenvalue weighted by atomic mass is 14.6. The number of nitrogens with two attached hydrogens (primary N) is 1. The van der Waals surface area contributed by atoms with Crippen LogP contribution < -0.4 is 11.9 Å². The van der Waals surface area contributed by atoms with Gasteiger partial charge in [0.1, 0.15) is 0 Å². The maximum absolute atomic E-state index is 5.73. The summed E-state index contributed by atoms with van der Waals surface area (Å²) in [6.07, 6.45) is 5.25. The fourth-order valence-electron chi connectivity index (χ4n) is 1.48. The van der Waals surface area contributed by atoms with Crippen LogP contribution in [0, 0.1) is 5.92 Å². The van der Waals surface area contributed by atoms with Crippen LogP contribution in [0.25, 0.3) is 0 Å². The van der Waals surface area contributed by atoms with E-state index in [0.717, 1.165) is 5.92 Å². The third kappa shape index (κ3) is 2.82. The first-order valence-electron chi connectivity index (χ1n) is 3.54. The van der Waals surface area contributed by atoms with Crippen LogP contribution in [-0.2, 0) is 0 Å². The summed E-state index contributed by atoms with van der Waals surface area (Å²) in [5.41, 5.74) is 5.73. The van der Waals surface area contributed by atoms with Gasteiger partial charge < -0.3 is 11.9 Å². The molecule has 0 saturated heterocycles. The predicted octanol–water partition coefficient (Wildman–Crippen LogP) is 1.69. The molecule has 0 radical (unpaired) electrons. The number of hydrogen-bond donors (Lipinski definition) is 2. The van der Waals surface area contributed by atoms with Crippen LogP contribution in [0.15, 0.2) is 0 Å². The molecule has 1 rings (SSSR count). The molecule has 0 heterocycles. The van der Waals surface area contributed by atoms with E-state index in [0.29, 0.717) is 6.04 Å². The Bertz CT molecular complexity index is 65.3. The standard InChI is InChI=1S/C7H15N.H3N/c1-6-3-2-4-7(8)5-6;/h6-7H,2-5,8H2,1H3;1H3. The first-order valence-corrected chi connectivity index (χ1v) is 3.54. The van der Waals surface area contributed by atoms with Crippen LogP contribution in [0.3, 0.4) is 0 Å². The number of hydrogen-bond acceptors (Lipinski definition) is 2. The van der Waals surface area contributed by atoms with Gasteiger partial charge in [-0.15, -0.1) is 0 Å². The molecular weight excluding hydrogens is 112 g/mol. The van der Waals surface area contributed by atoms with Gasteiger partial charge in [0.05, 0.1) is 0 Å². The maximum atomic E-state index is 5.73. The second kappa shape index (κ2) is 3.85. The first-order chi connectivity index (χ1) is 3.79.